The maximum absolute atomic E-state index is 13.4. The second-order valence-corrected chi connectivity index (χ2v) is 7.94. The lowest BCUT2D eigenvalue weighted by Gasteiger charge is -2.35. The molecule has 1 fully saturated rings. The van der Waals surface area contributed by atoms with E-state index in [0.29, 0.717) is 26.1 Å². The predicted octanol–water partition coefficient (Wildman–Crippen LogP) is 3.16. The lowest BCUT2D eigenvalue weighted by Crippen LogP contribution is -2.49. The number of rotatable bonds is 10. The summed E-state index contributed by atoms with van der Waals surface area (Å²) in [6.07, 6.45) is 0.308. The standard InChI is InChI=1S/C25H32N4O2/c1-22(19-27-15-17-31-18-16-27)28(20-23-9-4-2-5-10-23)21-25(30)29(14-8-13-26)24-11-6-3-7-12-24/h2-7,9-12,22H,8,14-21H2,1H3. The highest BCUT2D eigenvalue weighted by molar-refractivity contribution is 5.94. The van der Waals surface area contributed by atoms with Gasteiger partial charge in [-0.15, -0.1) is 0 Å². The maximum atomic E-state index is 13.4. The van der Waals surface area contributed by atoms with E-state index in [1.54, 1.807) is 4.90 Å². The molecule has 1 heterocycles. The zero-order valence-electron chi connectivity index (χ0n) is 18.3. The third kappa shape index (κ3) is 7.18. The molecule has 6 nitrogen and oxygen atoms in total. The number of benzene rings is 2. The summed E-state index contributed by atoms with van der Waals surface area (Å²) < 4.78 is 5.48. The van der Waals surface area contributed by atoms with Gasteiger partial charge in [-0.2, -0.15) is 5.26 Å². The Morgan fingerprint density at radius 3 is 2.39 bits per heavy atom. The van der Waals surface area contributed by atoms with E-state index in [1.165, 1.54) is 5.56 Å². The number of amides is 1. The first-order valence-corrected chi connectivity index (χ1v) is 11.0. The largest absolute Gasteiger partial charge is 0.379 e. The Balaban J connectivity index is 1.74. The van der Waals surface area contributed by atoms with Gasteiger partial charge in [-0.3, -0.25) is 14.6 Å². The Morgan fingerprint density at radius 2 is 1.74 bits per heavy atom. The quantitative estimate of drug-likeness (QED) is 0.591. The van der Waals surface area contributed by atoms with E-state index in [9.17, 15) is 4.79 Å². The monoisotopic (exact) mass is 420 g/mol. The van der Waals surface area contributed by atoms with Crippen LogP contribution in [0.5, 0.6) is 0 Å². The summed E-state index contributed by atoms with van der Waals surface area (Å²) in [6, 6.07) is 22.3. The van der Waals surface area contributed by atoms with Crippen molar-refractivity contribution < 1.29 is 9.53 Å². The first-order valence-electron chi connectivity index (χ1n) is 11.0. The first-order chi connectivity index (χ1) is 15.2. The van der Waals surface area contributed by atoms with Crippen molar-refractivity contribution in [1.29, 1.82) is 5.26 Å². The second-order valence-electron chi connectivity index (χ2n) is 7.94. The molecule has 2 aromatic rings. The van der Waals surface area contributed by atoms with E-state index in [2.05, 4.69) is 34.9 Å². The fraction of sp³-hybridized carbons (Fsp3) is 0.440. The van der Waals surface area contributed by atoms with Crippen LogP contribution in [0.1, 0.15) is 18.9 Å². The number of nitriles is 1. The molecule has 0 spiro atoms. The molecule has 31 heavy (non-hydrogen) atoms. The van der Waals surface area contributed by atoms with E-state index >= 15 is 0 Å². The average molecular weight is 421 g/mol. The lowest BCUT2D eigenvalue weighted by molar-refractivity contribution is -0.120. The molecule has 1 atom stereocenters. The number of hydrogen-bond acceptors (Lipinski definition) is 5. The van der Waals surface area contributed by atoms with Crippen molar-refractivity contribution in [2.75, 3.05) is 50.8 Å². The molecular formula is C25H32N4O2. The highest BCUT2D eigenvalue weighted by atomic mass is 16.5. The lowest BCUT2D eigenvalue weighted by atomic mass is 10.1. The normalized spacial score (nSPS) is 15.4. The fourth-order valence-electron chi connectivity index (χ4n) is 3.89. The number of nitrogens with zero attached hydrogens (tertiary/aromatic N) is 4. The summed E-state index contributed by atoms with van der Waals surface area (Å²) in [5, 5.41) is 9.08. The second kappa shape index (κ2) is 12.2. The molecule has 0 bridgehead atoms. The van der Waals surface area contributed by atoms with Crippen molar-refractivity contribution in [3.8, 4) is 6.07 Å². The number of anilines is 1. The van der Waals surface area contributed by atoms with Crippen LogP contribution in [0, 0.1) is 11.3 Å². The molecule has 1 unspecified atom stereocenters. The van der Waals surface area contributed by atoms with E-state index in [4.69, 9.17) is 10.00 Å². The van der Waals surface area contributed by atoms with E-state index < -0.39 is 0 Å². The molecular weight excluding hydrogens is 388 g/mol. The molecule has 0 aromatic heterocycles. The van der Waals surface area contributed by atoms with Gasteiger partial charge in [0.25, 0.3) is 0 Å². The minimum Gasteiger partial charge on any atom is -0.379 e. The minimum atomic E-state index is 0.0196. The van der Waals surface area contributed by atoms with Crippen LogP contribution >= 0.6 is 0 Å². The number of hydrogen-bond donors (Lipinski definition) is 0. The molecule has 0 aliphatic carbocycles. The highest BCUT2D eigenvalue weighted by Crippen LogP contribution is 2.17. The fourth-order valence-corrected chi connectivity index (χ4v) is 3.89. The molecule has 0 saturated carbocycles. The van der Waals surface area contributed by atoms with E-state index in [1.807, 2.05) is 48.5 Å². The molecule has 1 amide bonds. The van der Waals surface area contributed by atoms with Crippen molar-refractivity contribution in [1.82, 2.24) is 9.80 Å². The van der Waals surface area contributed by atoms with Crippen LogP contribution in [-0.4, -0.2) is 67.7 Å². The van der Waals surface area contributed by atoms with Gasteiger partial charge in [-0.25, -0.2) is 0 Å². The number of carbonyl (C=O) groups is 1. The van der Waals surface area contributed by atoms with Gasteiger partial charge in [0.2, 0.25) is 5.91 Å². The molecule has 1 aliphatic heterocycles. The first kappa shape index (κ1) is 23.0. The van der Waals surface area contributed by atoms with Crippen LogP contribution in [0.25, 0.3) is 0 Å². The van der Waals surface area contributed by atoms with Gasteiger partial charge in [0, 0.05) is 44.5 Å². The van der Waals surface area contributed by atoms with Gasteiger partial charge in [-0.1, -0.05) is 48.5 Å². The van der Waals surface area contributed by atoms with Gasteiger partial charge in [-0.05, 0) is 24.6 Å². The van der Waals surface area contributed by atoms with Gasteiger partial charge in [0.1, 0.15) is 0 Å². The van der Waals surface area contributed by atoms with Gasteiger partial charge in [0.05, 0.1) is 32.2 Å². The molecule has 1 saturated heterocycles. The third-order valence-corrected chi connectivity index (χ3v) is 5.63. The number of ether oxygens (including phenoxy) is 1. The smallest absolute Gasteiger partial charge is 0.241 e. The minimum absolute atomic E-state index is 0.0196. The van der Waals surface area contributed by atoms with Crippen LogP contribution in [-0.2, 0) is 16.1 Å². The summed E-state index contributed by atoms with van der Waals surface area (Å²) in [4.78, 5) is 19.8. The Kier molecular flexibility index (Phi) is 9.04. The summed E-state index contributed by atoms with van der Waals surface area (Å²) in [5.74, 6) is 0.0196. The molecule has 0 radical (unpaired) electrons. The van der Waals surface area contributed by atoms with Gasteiger partial charge < -0.3 is 9.64 Å². The molecule has 1 aliphatic rings. The van der Waals surface area contributed by atoms with Crippen molar-refractivity contribution in [2.24, 2.45) is 0 Å². The van der Waals surface area contributed by atoms with Gasteiger partial charge in [0.15, 0.2) is 0 Å². The molecule has 3 rings (SSSR count). The third-order valence-electron chi connectivity index (χ3n) is 5.63. The zero-order chi connectivity index (χ0) is 21.9. The molecule has 2 aromatic carbocycles. The van der Waals surface area contributed by atoms with E-state index in [-0.39, 0.29) is 11.9 Å². The van der Waals surface area contributed by atoms with Crippen molar-refractivity contribution in [3.63, 3.8) is 0 Å². The number of para-hydroxylation sites is 1. The Hall–Kier alpha value is -2.72. The molecule has 6 heteroatoms. The molecule has 0 N–H and O–H groups in total. The number of carbonyl (C=O) groups excluding carboxylic acids is 1. The summed E-state index contributed by atoms with van der Waals surface area (Å²) in [5.41, 5.74) is 2.02. The Labute approximate surface area is 185 Å². The van der Waals surface area contributed by atoms with Crippen LogP contribution < -0.4 is 4.90 Å². The Bertz CT molecular complexity index is 832. The number of morpholine rings is 1. The predicted molar refractivity (Wildman–Crippen MR) is 123 cm³/mol. The van der Waals surface area contributed by atoms with Crippen LogP contribution in [0.15, 0.2) is 60.7 Å². The van der Waals surface area contributed by atoms with Gasteiger partial charge >= 0.3 is 0 Å². The summed E-state index contributed by atoms with van der Waals surface area (Å²) >= 11 is 0. The van der Waals surface area contributed by atoms with Crippen molar-refractivity contribution in [2.45, 2.75) is 25.9 Å². The summed E-state index contributed by atoms with van der Waals surface area (Å²) in [6.45, 7) is 7.88. The average Bonchev–Trinajstić information content (AvgIpc) is 2.81. The topological polar surface area (TPSA) is 59.8 Å². The highest BCUT2D eigenvalue weighted by Gasteiger charge is 2.24. The Morgan fingerprint density at radius 1 is 1.10 bits per heavy atom. The van der Waals surface area contributed by atoms with Crippen LogP contribution in [0.2, 0.25) is 0 Å². The molecule has 164 valence electrons. The van der Waals surface area contributed by atoms with E-state index in [0.717, 1.165) is 38.5 Å². The van der Waals surface area contributed by atoms with Crippen LogP contribution in [0.3, 0.4) is 0 Å². The SMILES string of the molecule is CC(CN1CCOCC1)N(CC(=O)N(CCC#N)c1ccccc1)Cc1ccccc1. The maximum Gasteiger partial charge on any atom is 0.241 e. The van der Waals surface area contributed by atoms with Crippen molar-refractivity contribution in [3.05, 3.63) is 66.2 Å². The summed E-state index contributed by atoms with van der Waals surface area (Å²) in [7, 11) is 0. The zero-order valence-corrected chi connectivity index (χ0v) is 18.3. The van der Waals surface area contributed by atoms with Crippen molar-refractivity contribution >= 4 is 11.6 Å². The van der Waals surface area contributed by atoms with Crippen LogP contribution in [0.4, 0.5) is 5.69 Å².